The van der Waals surface area contributed by atoms with Crippen molar-refractivity contribution >= 4 is 0 Å². The lowest BCUT2D eigenvalue weighted by Gasteiger charge is -2.30. The highest BCUT2D eigenvalue weighted by molar-refractivity contribution is 5.20. The summed E-state index contributed by atoms with van der Waals surface area (Å²) < 4.78 is 13.3. The number of benzene rings is 1. The van der Waals surface area contributed by atoms with Gasteiger partial charge >= 0.3 is 0 Å². The van der Waals surface area contributed by atoms with Crippen LogP contribution in [0.5, 0.6) is 0 Å². The first-order chi connectivity index (χ1) is 9.19. The number of piperidine rings is 1. The highest BCUT2D eigenvalue weighted by Crippen LogP contribution is 2.20. The van der Waals surface area contributed by atoms with Crippen LogP contribution in [0.25, 0.3) is 0 Å². The van der Waals surface area contributed by atoms with E-state index in [-0.39, 0.29) is 11.9 Å². The van der Waals surface area contributed by atoms with Crippen LogP contribution in [0.4, 0.5) is 4.39 Å². The maximum Gasteiger partial charge on any atom is 0.123 e. The van der Waals surface area contributed by atoms with E-state index in [1.807, 2.05) is 6.07 Å². The number of nitrogens with zero attached hydrogens (tertiary/aromatic N) is 1. The van der Waals surface area contributed by atoms with Gasteiger partial charge in [0, 0.05) is 6.04 Å². The van der Waals surface area contributed by atoms with E-state index >= 15 is 0 Å². The molecular formula is C16H25FN2. The van der Waals surface area contributed by atoms with E-state index in [2.05, 4.69) is 24.2 Å². The second-order valence-corrected chi connectivity index (χ2v) is 5.67. The van der Waals surface area contributed by atoms with Gasteiger partial charge < -0.3 is 10.2 Å². The summed E-state index contributed by atoms with van der Waals surface area (Å²) in [6, 6.07) is 7.24. The molecule has 1 aliphatic heterocycles. The first-order valence-electron chi connectivity index (χ1n) is 7.36. The van der Waals surface area contributed by atoms with Crippen LogP contribution in [0.3, 0.4) is 0 Å². The third-order valence-electron chi connectivity index (χ3n) is 4.15. The Hall–Kier alpha value is -0.930. The van der Waals surface area contributed by atoms with E-state index in [4.69, 9.17) is 0 Å². The second kappa shape index (κ2) is 7.01. The first kappa shape index (κ1) is 14.5. The summed E-state index contributed by atoms with van der Waals surface area (Å²) >= 11 is 0. The topological polar surface area (TPSA) is 15.3 Å². The van der Waals surface area contributed by atoms with Crippen molar-refractivity contribution in [3.8, 4) is 0 Å². The summed E-state index contributed by atoms with van der Waals surface area (Å²) in [5.41, 5.74) is 1.07. The molecule has 0 aromatic heterocycles. The fourth-order valence-corrected chi connectivity index (χ4v) is 2.80. The number of hydrogen-bond acceptors (Lipinski definition) is 2. The van der Waals surface area contributed by atoms with Crippen molar-refractivity contribution in [2.45, 2.75) is 32.2 Å². The van der Waals surface area contributed by atoms with Crippen molar-refractivity contribution in [3.05, 3.63) is 35.6 Å². The average Bonchev–Trinajstić information content (AvgIpc) is 2.42. The van der Waals surface area contributed by atoms with Crippen LogP contribution in [-0.4, -0.2) is 31.6 Å². The van der Waals surface area contributed by atoms with Gasteiger partial charge in [-0.1, -0.05) is 19.1 Å². The normalized spacial score (nSPS) is 19.5. The average molecular weight is 264 g/mol. The Morgan fingerprint density at radius 2 is 2.11 bits per heavy atom. The summed E-state index contributed by atoms with van der Waals surface area (Å²) in [5.74, 6) is 0.621. The third kappa shape index (κ3) is 4.29. The quantitative estimate of drug-likeness (QED) is 0.878. The van der Waals surface area contributed by atoms with Gasteiger partial charge in [0.2, 0.25) is 0 Å². The minimum Gasteiger partial charge on any atom is -0.310 e. The van der Waals surface area contributed by atoms with E-state index in [9.17, 15) is 4.39 Å². The first-order valence-corrected chi connectivity index (χ1v) is 7.36. The second-order valence-electron chi connectivity index (χ2n) is 5.67. The smallest absolute Gasteiger partial charge is 0.123 e. The van der Waals surface area contributed by atoms with Gasteiger partial charge in [0.05, 0.1) is 0 Å². The summed E-state index contributed by atoms with van der Waals surface area (Å²) in [6.45, 7) is 5.59. The molecule has 1 atom stereocenters. The molecule has 1 aliphatic rings. The number of nitrogens with one attached hydrogen (secondary N) is 1. The fourth-order valence-electron chi connectivity index (χ4n) is 2.80. The number of hydrogen-bond donors (Lipinski definition) is 1. The SMILES string of the molecule is CCC(NCC1CCN(C)CC1)c1cccc(F)c1. The highest BCUT2D eigenvalue weighted by Gasteiger charge is 2.18. The Kier molecular flexibility index (Phi) is 5.34. The van der Waals surface area contributed by atoms with Crippen molar-refractivity contribution < 1.29 is 4.39 Å². The molecule has 1 saturated heterocycles. The monoisotopic (exact) mass is 264 g/mol. The molecule has 1 aromatic carbocycles. The van der Waals surface area contributed by atoms with Gasteiger partial charge in [-0.2, -0.15) is 0 Å². The summed E-state index contributed by atoms with van der Waals surface area (Å²) in [5, 5.41) is 3.61. The van der Waals surface area contributed by atoms with E-state index in [1.165, 1.54) is 32.0 Å². The summed E-state index contributed by atoms with van der Waals surface area (Å²) in [4.78, 5) is 2.39. The van der Waals surface area contributed by atoms with Gasteiger partial charge in [-0.25, -0.2) is 4.39 Å². The maximum atomic E-state index is 13.3. The van der Waals surface area contributed by atoms with Crippen molar-refractivity contribution in [3.63, 3.8) is 0 Å². The Bertz CT molecular complexity index is 386. The van der Waals surface area contributed by atoms with E-state index in [1.54, 1.807) is 12.1 Å². The predicted octanol–water partition coefficient (Wildman–Crippen LogP) is 3.21. The van der Waals surface area contributed by atoms with Crippen molar-refractivity contribution in [2.24, 2.45) is 5.92 Å². The lowest BCUT2D eigenvalue weighted by atomic mass is 9.96. The van der Waals surface area contributed by atoms with E-state index in [0.717, 1.165) is 24.4 Å². The minimum atomic E-state index is -0.142. The van der Waals surface area contributed by atoms with Crippen LogP contribution in [0, 0.1) is 11.7 Å². The zero-order valence-corrected chi connectivity index (χ0v) is 12.0. The number of likely N-dealkylation sites (tertiary alicyclic amines) is 1. The molecule has 1 N–H and O–H groups in total. The lowest BCUT2D eigenvalue weighted by Crippen LogP contribution is -2.36. The van der Waals surface area contributed by atoms with Crippen molar-refractivity contribution in [2.75, 3.05) is 26.7 Å². The van der Waals surface area contributed by atoms with Gasteiger partial charge in [0.25, 0.3) is 0 Å². The van der Waals surface area contributed by atoms with E-state index < -0.39 is 0 Å². The van der Waals surface area contributed by atoms with Crippen molar-refractivity contribution in [1.29, 1.82) is 0 Å². The Balaban J connectivity index is 1.86. The highest BCUT2D eigenvalue weighted by atomic mass is 19.1. The third-order valence-corrected chi connectivity index (χ3v) is 4.15. The van der Waals surface area contributed by atoms with Crippen LogP contribution < -0.4 is 5.32 Å². The molecule has 1 fully saturated rings. The Morgan fingerprint density at radius 1 is 1.37 bits per heavy atom. The number of halogens is 1. The molecule has 0 amide bonds. The summed E-state index contributed by atoms with van der Waals surface area (Å²) in [7, 11) is 2.19. The molecule has 2 nitrogen and oxygen atoms in total. The van der Waals surface area contributed by atoms with Crippen LogP contribution >= 0.6 is 0 Å². The molecule has 0 spiro atoms. The van der Waals surface area contributed by atoms with Gasteiger partial charge in [0.15, 0.2) is 0 Å². The Labute approximate surface area is 116 Å². The van der Waals surface area contributed by atoms with Gasteiger partial charge in [-0.05, 0) is 69.6 Å². The molecular weight excluding hydrogens is 239 g/mol. The lowest BCUT2D eigenvalue weighted by molar-refractivity contribution is 0.212. The minimum absolute atomic E-state index is 0.142. The Morgan fingerprint density at radius 3 is 2.74 bits per heavy atom. The molecule has 1 heterocycles. The van der Waals surface area contributed by atoms with Crippen LogP contribution in [0.2, 0.25) is 0 Å². The standard InChI is InChI=1S/C16H25FN2/c1-3-16(14-5-4-6-15(17)11-14)18-12-13-7-9-19(2)10-8-13/h4-6,11,13,16,18H,3,7-10,12H2,1-2H3. The molecule has 0 bridgehead atoms. The van der Waals surface area contributed by atoms with Crippen LogP contribution in [0.15, 0.2) is 24.3 Å². The maximum absolute atomic E-state index is 13.3. The number of rotatable bonds is 5. The van der Waals surface area contributed by atoms with Gasteiger partial charge in [-0.3, -0.25) is 0 Å². The molecule has 3 heteroatoms. The molecule has 2 rings (SSSR count). The van der Waals surface area contributed by atoms with Gasteiger partial charge in [0.1, 0.15) is 5.82 Å². The van der Waals surface area contributed by atoms with Gasteiger partial charge in [-0.15, -0.1) is 0 Å². The molecule has 1 unspecified atom stereocenters. The summed E-state index contributed by atoms with van der Waals surface area (Å²) in [6.07, 6.45) is 3.53. The molecule has 106 valence electrons. The molecule has 0 radical (unpaired) electrons. The predicted molar refractivity (Wildman–Crippen MR) is 77.7 cm³/mol. The molecule has 0 aliphatic carbocycles. The largest absolute Gasteiger partial charge is 0.310 e. The zero-order valence-electron chi connectivity index (χ0n) is 12.0. The fraction of sp³-hybridized carbons (Fsp3) is 0.625. The molecule has 0 saturated carbocycles. The van der Waals surface area contributed by atoms with E-state index in [0.29, 0.717) is 0 Å². The molecule has 1 aromatic rings. The zero-order chi connectivity index (χ0) is 13.7. The van der Waals surface area contributed by atoms with Crippen LogP contribution in [-0.2, 0) is 0 Å². The van der Waals surface area contributed by atoms with Crippen molar-refractivity contribution in [1.82, 2.24) is 10.2 Å². The van der Waals surface area contributed by atoms with Crippen LogP contribution in [0.1, 0.15) is 37.8 Å². The molecule has 19 heavy (non-hydrogen) atoms.